The fraction of sp³-hybridized carbons (Fsp3) is 0.412. The van der Waals surface area contributed by atoms with E-state index in [0.717, 1.165) is 11.3 Å². The van der Waals surface area contributed by atoms with Gasteiger partial charge in [-0.2, -0.15) is 0 Å². The van der Waals surface area contributed by atoms with Gasteiger partial charge in [0.05, 0.1) is 6.61 Å². The number of nitrogens with one attached hydrogen (secondary N) is 1. The van der Waals surface area contributed by atoms with Crippen LogP contribution in [0.5, 0.6) is 5.75 Å². The first-order valence-electron chi connectivity index (χ1n) is 7.98. The van der Waals surface area contributed by atoms with Gasteiger partial charge in [-0.25, -0.2) is 0 Å². The van der Waals surface area contributed by atoms with Gasteiger partial charge in [-0.05, 0) is 38.1 Å². The van der Waals surface area contributed by atoms with Crippen LogP contribution < -0.4 is 10.3 Å². The standard InChI is InChI=1S/C17H22N4O3/c1-4-21(3)15(22)11-10-14-17(23)18-16(20-19-14)12-6-8-13(9-7-12)24-5-2/h6-9H,4-5,10-11H2,1-3H3,(H,18,20,23). The lowest BCUT2D eigenvalue weighted by Crippen LogP contribution is -2.27. The molecule has 0 aliphatic rings. The summed E-state index contributed by atoms with van der Waals surface area (Å²) in [5.74, 6) is 1.13. The first-order chi connectivity index (χ1) is 11.5. The quantitative estimate of drug-likeness (QED) is 0.834. The summed E-state index contributed by atoms with van der Waals surface area (Å²) in [6, 6.07) is 7.24. The average molecular weight is 330 g/mol. The number of benzene rings is 1. The normalized spacial score (nSPS) is 10.5. The van der Waals surface area contributed by atoms with Crippen LogP contribution in [-0.4, -0.2) is 46.2 Å². The van der Waals surface area contributed by atoms with Crippen molar-refractivity contribution in [3.63, 3.8) is 0 Å². The van der Waals surface area contributed by atoms with Crippen LogP contribution in [0.3, 0.4) is 0 Å². The third-order valence-electron chi connectivity index (χ3n) is 3.68. The molecular formula is C17H22N4O3. The Kier molecular flexibility index (Phi) is 6.06. The molecule has 0 atom stereocenters. The molecule has 0 radical (unpaired) electrons. The van der Waals surface area contributed by atoms with Crippen molar-refractivity contribution >= 4 is 5.91 Å². The Hall–Kier alpha value is -2.70. The third-order valence-corrected chi connectivity index (χ3v) is 3.68. The largest absolute Gasteiger partial charge is 0.494 e. The van der Waals surface area contributed by atoms with Gasteiger partial charge in [-0.1, -0.05) is 0 Å². The van der Waals surface area contributed by atoms with Gasteiger partial charge in [0, 0.05) is 32.0 Å². The molecule has 0 aliphatic carbocycles. The van der Waals surface area contributed by atoms with Crippen LogP contribution in [0.1, 0.15) is 26.0 Å². The maximum atomic E-state index is 12.1. The Labute approximate surface area is 140 Å². The summed E-state index contributed by atoms with van der Waals surface area (Å²) >= 11 is 0. The molecule has 0 aliphatic heterocycles. The van der Waals surface area contributed by atoms with Crippen molar-refractivity contribution in [3.8, 4) is 17.1 Å². The summed E-state index contributed by atoms with van der Waals surface area (Å²) in [4.78, 5) is 28.2. The van der Waals surface area contributed by atoms with Crippen molar-refractivity contribution in [2.75, 3.05) is 20.2 Å². The highest BCUT2D eigenvalue weighted by Crippen LogP contribution is 2.18. The number of aromatic amines is 1. The van der Waals surface area contributed by atoms with E-state index in [1.807, 2.05) is 38.1 Å². The lowest BCUT2D eigenvalue weighted by atomic mass is 10.2. The SMILES string of the molecule is CCOc1ccc(-c2nnc(CCC(=O)N(C)CC)c(=O)[nH]2)cc1. The lowest BCUT2D eigenvalue weighted by Gasteiger charge is -2.13. The van der Waals surface area contributed by atoms with E-state index in [1.54, 1.807) is 11.9 Å². The van der Waals surface area contributed by atoms with Gasteiger partial charge in [0.15, 0.2) is 5.82 Å². The summed E-state index contributed by atoms with van der Waals surface area (Å²) in [6.45, 7) is 5.04. The monoisotopic (exact) mass is 330 g/mol. The molecular weight excluding hydrogens is 308 g/mol. The smallest absolute Gasteiger partial charge is 0.273 e. The maximum absolute atomic E-state index is 12.1. The van der Waals surface area contributed by atoms with E-state index in [0.29, 0.717) is 19.0 Å². The van der Waals surface area contributed by atoms with Gasteiger partial charge in [0.1, 0.15) is 11.4 Å². The van der Waals surface area contributed by atoms with E-state index in [9.17, 15) is 9.59 Å². The summed E-state index contributed by atoms with van der Waals surface area (Å²) in [5, 5.41) is 8.03. The first kappa shape index (κ1) is 17.7. The Balaban J connectivity index is 2.09. The highest BCUT2D eigenvalue weighted by Gasteiger charge is 2.11. The fourth-order valence-corrected chi connectivity index (χ4v) is 2.12. The number of rotatable bonds is 7. The summed E-state index contributed by atoms with van der Waals surface area (Å²) in [5.41, 5.74) is 0.694. The highest BCUT2D eigenvalue weighted by molar-refractivity contribution is 5.76. The minimum Gasteiger partial charge on any atom is -0.494 e. The summed E-state index contributed by atoms with van der Waals surface area (Å²) < 4.78 is 5.38. The molecule has 7 nitrogen and oxygen atoms in total. The predicted octanol–water partition coefficient (Wildman–Crippen LogP) is 1.64. The number of carbonyl (C=O) groups excluding carboxylic acids is 1. The van der Waals surface area contributed by atoms with E-state index in [2.05, 4.69) is 15.2 Å². The molecule has 1 heterocycles. The second kappa shape index (κ2) is 8.24. The zero-order chi connectivity index (χ0) is 17.5. The number of H-pyrrole nitrogens is 1. The molecule has 1 amide bonds. The van der Waals surface area contributed by atoms with Crippen LogP contribution in [0.15, 0.2) is 29.1 Å². The van der Waals surface area contributed by atoms with Gasteiger partial charge < -0.3 is 14.6 Å². The maximum Gasteiger partial charge on any atom is 0.273 e. The van der Waals surface area contributed by atoms with Crippen molar-refractivity contribution in [1.29, 1.82) is 0 Å². The van der Waals surface area contributed by atoms with Crippen molar-refractivity contribution in [1.82, 2.24) is 20.1 Å². The van der Waals surface area contributed by atoms with Crippen LogP contribution >= 0.6 is 0 Å². The molecule has 1 aromatic heterocycles. The minimum absolute atomic E-state index is 0.0192. The van der Waals surface area contributed by atoms with Crippen LogP contribution in [0, 0.1) is 0 Å². The molecule has 0 spiro atoms. The second-order valence-corrected chi connectivity index (χ2v) is 5.31. The zero-order valence-corrected chi connectivity index (χ0v) is 14.2. The van der Waals surface area contributed by atoms with Gasteiger partial charge >= 0.3 is 0 Å². The van der Waals surface area contributed by atoms with Crippen molar-refractivity contribution in [3.05, 3.63) is 40.3 Å². The van der Waals surface area contributed by atoms with E-state index in [1.165, 1.54) is 0 Å². The molecule has 1 N–H and O–H groups in total. The number of ether oxygens (including phenoxy) is 1. The summed E-state index contributed by atoms with van der Waals surface area (Å²) in [6.07, 6.45) is 0.513. The van der Waals surface area contributed by atoms with Gasteiger partial charge in [0.25, 0.3) is 5.56 Å². The van der Waals surface area contributed by atoms with E-state index in [4.69, 9.17) is 4.74 Å². The predicted molar refractivity (Wildman–Crippen MR) is 90.9 cm³/mol. The van der Waals surface area contributed by atoms with Crippen LogP contribution in [0.25, 0.3) is 11.4 Å². The molecule has 1 aromatic carbocycles. The van der Waals surface area contributed by atoms with E-state index >= 15 is 0 Å². The highest BCUT2D eigenvalue weighted by atomic mass is 16.5. The Morgan fingerprint density at radius 2 is 1.92 bits per heavy atom. The van der Waals surface area contributed by atoms with Gasteiger partial charge in [0.2, 0.25) is 5.91 Å². The minimum atomic E-state index is -0.319. The first-order valence-corrected chi connectivity index (χ1v) is 7.98. The molecule has 7 heteroatoms. The number of carbonyl (C=O) groups is 1. The Morgan fingerprint density at radius 3 is 2.50 bits per heavy atom. The number of hydrogen-bond acceptors (Lipinski definition) is 5. The average Bonchev–Trinajstić information content (AvgIpc) is 2.60. The van der Waals surface area contributed by atoms with E-state index in [-0.39, 0.29) is 30.0 Å². The fourth-order valence-electron chi connectivity index (χ4n) is 2.12. The van der Waals surface area contributed by atoms with Crippen molar-refractivity contribution < 1.29 is 9.53 Å². The van der Waals surface area contributed by atoms with Gasteiger partial charge in [-0.3, -0.25) is 9.59 Å². The number of amides is 1. The number of aromatic nitrogens is 3. The third kappa shape index (κ3) is 4.41. The van der Waals surface area contributed by atoms with Crippen molar-refractivity contribution in [2.24, 2.45) is 0 Å². The molecule has 0 saturated heterocycles. The summed E-state index contributed by atoms with van der Waals surface area (Å²) in [7, 11) is 1.73. The number of hydrogen-bond donors (Lipinski definition) is 1. The zero-order valence-electron chi connectivity index (χ0n) is 14.2. The Bertz CT molecular complexity index is 740. The molecule has 2 aromatic rings. The topological polar surface area (TPSA) is 88.2 Å². The molecule has 24 heavy (non-hydrogen) atoms. The van der Waals surface area contributed by atoms with Crippen LogP contribution in [0.4, 0.5) is 0 Å². The number of nitrogens with zero attached hydrogens (tertiary/aromatic N) is 3. The molecule has 0 saturated carbocycles. The number of aryl methyl sites for hydroxylation is 1. The molecule has 0 bridgehead atoms. The van der Waals surface area contributed by atoms with Crippen molar-refractivity contribution in [2.45, 2.75) is 26.7 Å². The molecule has 2 rings (SSSR count). The van der Waals surface area contributed by atoms with E-state index < -0.39 is 0 Å². The van der Waals surface area contributed by atoms with Gasteiger partial charge in [-0.15, -0.1) is 10.2 Å². The second-order valence-electron chi connectivity index (χ2n) is 5.31. The van der Waals surface area contributed by atoms with Crippen LogP contribution in [0.2, 0.25) is 0 Å². The Morgan fingerprint density at radius 1 is 1.21 bits per heavy atom. The lowest BCUT2D eigenvalue weighted by molar-refractivity contribution is -0.129. The molecule has 0 unspecified atom stereocenters. The molecule has 0 fully saturated rings. The van der Waals surface area contributed by atoms with Crippen LogP contribution in [-0.2, 0) is 11.2 Å². The molecule has 128 valence electrons.